The van der Waals surface area contributed by atoms with Crippen molar-refractivity contribution in [3.05, 3.63) is 70.9 Å². The molecular formula is C24H26N2O7. The van der Waals surface area contributed by atoms with Gasteiger partial charge in [-0.1, -0.05) is 24.3 Å². The Hall–Kier alpha value is -3.56. The van der Waals surface area contributed by atoms with Crippen LogP contribution in [0, 0.1) is 0 Å². The predicted molar refractivity (Wildman–Crippen MR) is 117 cm³/mol. The van der Waals surface area contributed by atoms with Gasteiger partial charge in [0.2, 0.25) is 5.88 Å². The molecule has 2 heterocycles. The second-order valence-corrected chi connectivity index (χ2v) is 7.31. The summed E-state index contributed by atoms with van der Waals surface area (Å²) in [5.41, 5.74) is 2.90. The fourth-order valence-electron chi connectivity index (χ4n) is 3.48. The Labute approximate surface area is 191 Å². The Balaban J connectivity index is 1.53. The van der Waals surface area contributed by atoms with E-state index in [0.717, 1.165) is 22.4 Å². The van der Waals surface area contributed by atoms with Crippen molar-refractivity contribution in [1.29, 1.82) is 0 Å². The summed E-state index contributed by atoms with van der Waals surface area (Å²) in [6.45, 7) is 1.56. The molecule has 1 fully saturated rings. The Kier molecular flexibility index (Phi) is 7.11. The minimum atomic E-state index is -0.551. The van der Waals surface area contributed by atoms with Crippen LogP contribution < -0.4 is 14.2 Å². The second kappa shape index (κ2) is 10.4. The summed E-state index contributed by atoms with van der Waals surface area (Å²) in [6.07, 6.45) is -0.551. The van der Waals surface area contributed by atoms with E-state index >= 15 is 0 Å². The van der Waals surface area contributed by atoms with Crippen molar-refractivity contribution in [1.82, 2.24) is 9.78 Å². The van der Waals surface area contributed by atoms with Crippen LogP contribution in [0.15, 0.2) is 48.5 Å². The van der Waals surface area contributed by atoms with Crippen molar-refractivity contribution in [3.8, 4) is 17.4 Å². The lowest BCUT2D eigenvalue weighted by atomic mass is 10.1. The fraction of sp³-hybridized carbons (Fsp3) is 0.333. The van der Waals surface area contributed by atoms with Crippen molar-refractivity contribution >= 4 is 5.97 Å². The van der Waals surface area contributed by atoms with Gasteiger partial charge < -0.3 is 28.4 Å². The van der Waals surface area contributed by atoms with Gasteiger partial charge in [-0.15, -0.1) is 5.10 Å². The highest BCUT2D eigenvalue weighted by Gasteiger charge is 2.26. The summed E-state index contributed by atoms with van der Waals surface area (Å²) in [4.78, 5) is 11.8. The van der Waals surface area contributed by atoms with Crippen LogP contribution in [-0.2, 0) is 34.5 Å². The molecule has 0 spiro atoms. The topological polar surface area (TPSA) is 90.3 Å². The minimum Gasteiger partial charge on any atom is -0.497 e. The predicted octanol–water partition coefficient (Wildman–Crippen LogP) is 3.42. The molecule has 33 heavy (non-hydrogen) atoms. The molecule has 174 valence electrons. The first kappa shape index (κ1) is 22.6. The highest BCUT2D eigenvalue weighted by atomic mass is 16.7. The molecule has 0 unspecified atom stereocenters. The lowest BCUT2D eigenvalue weighted by Crippen LogP contribution is -2.09. The van der Waals surface area contributed by atoms with Crippen LogP contribution in [0.5, 0.6) is 17.4 Å². The summed E-state index contributed by atoms with van der Waals surface area (Å²) in [5, 5.41) is 4.22. The standard InChI is InChI=1S/C24H26N2O7/c1-26-19(23(27)29-3)13-21(25-26)33-15-17-5-4-6-20(22(17)24-30-11-12-31-24)32-14-16-7-9-18(28-2)10-8-16/h4-10,13,24H,11-12,14-15H2,1-3H3. The van der Waals surface area contributed by atoms with Gasteiger partial charge in [0.1, 0.15) is 30.4 Å². The van der Waals surface area contributed by atoms with Gasteiger partial charge in [-0.2, -0.15) is 0 Å². The number of carbonyl (C=O) groups excluding carboxylic acids is 1. The van der Waals surface area contributed by atoms with Gasteiger partial charge in [0.05, 0.1) is 33.0 Å². The first-order valence-corrected chi connectivity index (χ1v) is 10.4. The average molecular weight is 454 g/mol. The third-order valence-corrected chi connectivity index (χ3v) is 5.19. The smallest absolute Gasteiger partial charge is 0.356 e. The van der Waals surface area contributed by atoms with Crippen molar-refractivity contribution in [3.63, 3.8) is 0 Å². The van der Waals surface area contributed by atoms with E-state index in [1.54, 1.807) is 14.2 Å². The molecule has 0 amide bonds. The Morgan fingerprint density at radius 2 is 1.82 bits per heavy atom. The zero-order valence-electron chi connectivity index (χ0n) is 18.8. The summed E-state index contributed by atoms with van der Waals surface area (Å²) >= 11 is 0. The van der Waals surface area contributed by atoms with E-state index in [1.165, 1.54) is 17.9 Å². The number of nitrogens with zero attached hydrogens (tertiary/aromatic N) is 2. The van der Waals surface area contributed by atoms with Gasteiger partial charge in [0, 0.05) is 18.7 Å². The highest BCUT2D eigenvalue weighted by molar-refractivity contribution is 5.87. The lowest BCUT2D eigenvalue weighted by molar-refractivity contribution is -0.0470. The van der Waals surface area contributed by atoms with Crippen molar-refractivity contribution in [2.75, 3.05) is 27.4 Å². The molecule has 1 aliphatic heterocycles. The average Bonchev–Trinajstić information content (AvgIpc) is 3.51. The molecule has 0 bridgehead atoms. The lowest BCUT2D eigenvalue weighted by Gasteiger charge is -2.19. The van der Waals surface area contributed by atoms with Gasteiger partial charge in [0.15, 0.2) is 6.29 Å². The molecular weight excluding hydrogens is 428 g/mol. The largest absolute Gasteiger partial charge is 0.497 e. The zero-order valence-corrected chi connectivity index (χ0v) is 18.8. The van der Waals surface area contributed by atoms with E-state index in [9.17, 15) is 4.79 Å². The Morgan fingerprint density at radius 1 is 1.06 bits per heavy atom. The number of ether oxygens (including phenoxy) is 6. The maximum atomic E-state index is 11.8. The highest BCUT2D eigenvalue weighted by Crippen LogP contribution is 2.35. The van der Waals surface area contributed by atoms with E-state index in [0.29, 0.717) is 37.1 Å². The maximum absolute atomic E-state index is 11.8. The van der Waals surface area contributed by atoms with Crippen LogP contribution in [-0.4, -0.2) is 43.2 Å². The van der Waals surface area contributed by atoms with Crippen LogP contribution in [0.2, 0.25) is 0 Å². The number of methoxy groups -OCH3 is 2. The van der Waals surface area contributed by atoms with E-state index in [2.05, 4.69) is 5.10 Å². The number of carbonyl (C=O) groups is 1. The first-order chi connectivity index (χ1) is 16.1. The van der Waals surface area contributed by atoms with Gasteiger partial charge >= 0.3 is 5.97 Å². The molecule has 1 aromatic heterocycles. The summed E-state index contributed by atoms with van der Waals surface area (Å²) in [5.74, 6) is 1.26. The van der Waals surface area contributed by atoms with Crippen LogP contribution >= 0.6 is 0 Å². The van der Waals surface area contributed by atoms with Gasteiger partial charge in [-0.05, 0) is 23.8 Å². The number of aromatic nitrogens is 2. The quantitative estimate of drug-likeness (QED) is 0.455. The van der Waals surface area contributed by atoms with Crippen molar-refractivity contribution in [2.45, 2.75) is 19.5 Å². The van der Waals surface area contributed by atoms with Crippen molar-refractivity contribution in [2.24, 2.45) is 7.05 Å². The van der Waals surface area contributed by atoms with Gasteiger partial charge in [-0.3, -0.25) is 4.68 Å². The number of aryl methyl sites for hydroxylation is 1. The third kappa shape index (κ3) is 5.27. The number of esters is 1. The van der Waals surface area contributed by atoms with E-state index < -0.39 is 12.3 Å². The van der Waals surface area contributed by atoms with Crippen LogP contribution in [0.1, 0.15) is 33.5 Å². The SMILES string of the molecule is COC(=O)c1cc(OCc2cccc(OCc3ccc(OC)cc3)c2C2OCCO2)nn1C. The fourth-order valence-corrected chi connectivity index (χ4v) is 3.48. The molecule has 0 aliphatic carbocycles. The summed E-state index contributed by atoms with van der Waals surface area (Å²) in [6, 6.07) is 14.9. The van der Waals surface area contributed by atoms with Crippen LogP contribution in [0.4, 0.5) is 0 Å². The number of rotatable bonds is 9. The van der Waals surface area contributed by atoms with E-state index in [4.69, 9.17) is 28.4 Å². The molecule has 2 aromatic carbocycles. The number of benzene rings is 2. The Morgan fingerprint density at radius 3 is 2.52 bits per heavy atom. The number of hydrogen-bond acceptors (Lipinski definition) is 8. The summed E-state index contributed by atoms with van der Waals surface area (Å²) < 4.78 is 34.9. The molecule has 0 saturated carbocycles. The molecule has 1 aliphatic rings. The molecule has 0 atom stereocenters. The van der Waals surface area contributed by atoms with Crippen molar-refractivity contribution < 1.29 is 33.2 Å². The molecule has 9 heteroatoms. The molecule has 0 N–H and O–H groups in total. The second-order valence-electron chi connectivity index (χ2n) is 7.31. The molecule has 1 saturated heterocycles. The monoisotopic (exact) mass is 454 g/mol. The molecule has 3 aromatic rings. The summed E-state index contributed by atoms with van der Waals surface area (Å²) in [7, 11) is 4.60. The maximum Gasteiger partial charge on any atom is 0.356 e. The normalized spacial score (nSPS) is 13.7. The third-order valence-electron chi connectivity index (χ3n) is 5.19. The molecule has 4 rings (SSSR count). The van der Waals surface area contributed by atoms with E-state index in [1.807, 2.05) is 42.5 Å². The van der Waals surface area contributed by atoms with Crippen LogP contribution in [0.3, 0.4) is 0 Å². The van der Waals surface area contributed by atoms with E-state index in [-0.39, 0.29) is 6.61 Å². The van der Waals surface area contributed by atoms with Gasteiger partial charge in [0.25, 0.3) is 0 Å². The van der Waals surface area contributed by atoms with Crippen LogP contribution in [0.25, 0.3) is 0 Å². The first-order valence-electron chi connectivity index (χ1n) is 10.4. The number of hydrogen-bond donors (Lipinski definition) is 0. The molecule has 9 nitrogen and oxygen atoms in total. The Bertz CT molecular complexity index is 1090. The molecule has 0 radical (unpaired) electrons. The zero-order chi connectivity index (χ0) is 23.2. The van der Waals surface area contributed by atoms with Gasteiger partial charge in [-0.25, -0.2) is 4.79 Å². The minimum absolute atomic E-state index is 0.190.